The van der Waals surface area contributed by atoms with E-state index in [-0.39, 0.29) is 18.9 Å². The molecule has 2 rings (SSSR count). The highest BCUT2D eigenvalue weighted by atomic mass is 16.7. The topological polar surface area (TPSA) is 228 Å². The molecule has 2 heterocycles. The van der Waals surface area contributed by atoms with Gasteiger partial charge in [0.1, 0.15) is 48.8 Å². The van der Waals surface area contributed by atoms with Crippen molar-refractivity contribution in [2.45, 2.75) is 338 Å². The molecule has 2 fully saturated rings. The predicted octanol–water partition coefficient (Wildman–Crippen LogP) is 12.5. The zero-order valence-electron chi connectivity index (χ0n) is 51.0. The summed E-state index contributed by atoms with van der Waals surface area (Å²) < 4.78 is 22.8. The maximum atomic E-state index is 13.3. The van der Waals surface area contributed by atoms with Gasteiger partial charge in [0.2, 0.25) is 5.91 Å². The third-order valence-corrected chi connectivity index (χ3v) is 15.9. The first kappa shape index (κ1) is 74.8. The number of carbonyl (C=O) groups is 1. The number of ether oxygens (including phenoxy) is 4. The first-order chi connectivity index (χ1) is 39.6. The van der Waals surface area contributed by atoms with Gasteiger partial charge in [-0.2, -0.15) is 0 Å². The van der Waals surface area contributed by atoms with E-state index in [1.165, 1.54) is 186 Å². The van der Waals surface area contributed by atoms with Gasteiger partial charge in [-0.05, 0) is 70.6 Å². The van der Waals surface area contributed by atoms with Crippen molar-refractivity contribution in [2.24, 2.45) is 0 Å². The van der Waals surface area contributed by atoms with E-state index in [2.05, 4.69) is 67.8 Å². The van der Waals surface area contributed by atoms with Crippen molar-refractivity contribution in [2.75, 3.05) is 19.8 Å². The Balaban J connectivity index is 1.67. The molecule has 0 saturated carbocycles. The first-order valence-corrected chi connectivity index (χ1v) is 33.0. The Hall–Kier alpha value is -2.31. The molecule has 0 bridgehead atoms. The van der Waals surface area contributed by atoms with Crippen LogP contribution >= 0.6 is 0 Å². The van der Waals surface area contributed by atoms with Crippen LogP contribution in [0.1, 0.15) is 264 Å². The van der Waals surface area contributed by atoms with Gasteiger partial charge < -0.3 is 65.1 Å². The fraction of sp³-hybridized carbons (Fsp3) is 0.836. The van der Waals surface area contributed by atoms with Crippen LogP contribution in [-0.2, 0) is 23.7 Å². The molecule has 12 unspecified atom stereocenters. The van der Waals surface area contributed by atoms with Gasteiger partial charge in [-0.3, -0.25) is 4.79 Å². The van der Waals surface area contributed by atoms with Gasteiger partial charge in [0.05, 0.1) is 32.0 Å². The normalized spacial score (nSPS) is 24.5. The quantitative estimate of drug-likeness (QED) is 0.0204. The van der Waals surface area contributed by atoms with Crippen molar-refractivity contribution in [3.05, 3.63) is 60.8 Å². The Morgan fingerprint density at radius 2 is 0.827 bits per heavy atom. The number of nitrogens with one attached hydrogen (secondary N) is 1. The highest BCUT2D eigenvalue weighted by Crippen LogP contribution is 2.30. The molecule has 0 aromatic rings. The number of hydrogen-bond donors (Lipinski definition) is 9. The molecule has 0 aromatic carbocycles. The van der Waals surface area contributed by atoms with Crippen molar-refractivity contribution in [1.82, 2.24) is 5.32 Å². The molecule has 81 heavy (non-hydrogen) atoms. The van der Waals surface area contributed by atoms with Gasteiger partial charge in [0, 0.05) is 6.42 Å². The van der Waals surface area contributed by atoms with Crippen molar-refractivity contribution >= 4 is 5.91 Å². The van der Waals surface area contributed by atoms with E-state index in [1.807, 2.05) is 6.08 Å². The number of carbonyl (C=O) groups excluding carboxylic acids is 1. The molecule has 2 saturated heterocycles. The molecule has 0 spiro atoms. The van der Waals surface area contributed by atoms with Crippen LogP contribution in [0, 0.1) is 0 Å². The molecule has 0 aromatic heterocycles. The van der Waals surface area contributed by atoms with Gasteiger partial charge in [-0.25, -0.2) is 0 Å². The molecule has 472 valence electrons. The minimum Gasteiger partial charge on any atom is -0.394 e. The SMILES string of the molecule is CCCCCCC/C=C\C/C=C\C/C=C\CCCCCCCCCCCCCCCCCCC(=O)NC(COC1OC(CO)C(OC2OC(CO)C(O)C(O)C2O)C(O)C1O)C(O)/C=C/CC/C=C/CCCCCCCCCCCC. The second-order valence-electron chi connectivity index (χ2n) is 23.2. The zero-order chi connectivity index (χ0) is 58.8. The van der Waals surface area contributed by atoms with E-state index >= 15 is 0 Å². The van der Waals surface area contributed by atoms with Crippen LogP contribution in [0.3, 0.4) is 0 Å². The minimum absolute atomic E-state index is 0.248. The van der Waals surface area contributed by atoms with Crippen molar-refractivity contribution in [3.8, 4) is 0 Å². The lowest BCUT2D eigenvalue weighted by molar-refractivity contribution is -0.359. The van der Waals surface area contributed by atoms with Crippen molar-refractivity contribution in [3.63, 3.8) is 0 Å². The van der Waals surface area contributed by atoms with E-state index in [4.69, 9.17) is 18.9 Å². The Morgan fingerprint density at radius 3 is 1.30 bits per heavy atom. The van der Waals surface area contributed by atoms with Gasteiger partial charge in [-0.15, -0.1) is 0 Å². The van der Waals surface area contributed by atoms with Crippen molar-refractivity contribution in [1.29, 1.82) is 0 Å². The van der Waals surface area contributed by atoms with E-state index in [0.29, 0.717) is 12.8 Å². The second kappa shape index (κ2) is 52.1. The Bertz CT molecular complexity index is 1590. The van der Waals surface area contributed by atoms with Gasteiger partial charge >= 0.3 is 0 Å². The predicted molar refractivity (Wildman–Crippen MR) is 327 cm³/mol. The number of aliphatic hydroxyl groups is 8. The molecule has 9 N–H and O–H groups in total. The van der Waals surface area contributed by atoms with Crippen LogP contribution in [0.4, 0.5) is 0 Å². The van der Waals surface area contributed by atoms with Crippen LogP contribution in [-0.4, -0.2) is 140 Å². The summed E-state index contributed by atoms with van der Waals surface area (Å²) in [5, 5.41) is 87.2. The summed E-state index contributed by atoms with van der Waals surface area (Å²) in [4.78, 5) is 13.3. The molecule has 14 heteroatoms. The third-order valence-electron chi connectivity index (χ3n) is 15.9. The van der Waals surface area contributed by atoms with E-state index < -0.39 is 86.8 Å². The van der Waals surface area contributed by atoms with Crippen LogP contribution in [0.25, 0.3) is 0 Å². The Labute approximate surface area is 492 Å². The molecule has 14 nitrogen and oxygen atoms in total. The summed E-state index contributed by atoms with van der Waals surface area (Å²) in [6, 6.07) is -0.933. The number of rotatable bonds is 53. The van der Waals surface area contributed by atoms with Gasteiger partial charge in [0.25, 0.3) is 0 Å². The Morgan fingerprint density at radius 1 is 0.444 bits per heavy atom. The molecule has 0 aliphatic carbocycles. The molecular formula is C67H121NO13. The largest absolute Gasteiger partial charge is 0.394 e. The Kier molecular flexibility index (Phi) is 48.1. The highest BCUT2D eigenvalue weighted by molar-refractivity contribution is 5.76. The monoisotopic (exact) mass is 1150 g/mol. The number of hydrogen-bond acceptors (Lipinski definition) is 13. The summed E-state index contributed by atoms with van der Waals surface area (Å²) in [6.45, 7) is 2.78. The lowest BCUT2D eigenvalue weighted by Crippen LogP contribution is -2.65. The fourth-order valence-corrected chi connectivity index (χ4v) is 10.6. The number of aliphatic hydroxyl groups excluding tert-OH is 8. The number of allylic oxidation sites excluding steroid dienone is 9. The molecule has 2 aliphatic rings. The molecule has 1 amide bonds. The van der Waals surface area contributed by atoms with Gasteiger partial charge in [0.15, 0.2) is 12.6 Å². The van der Waals surface area contributed by atoms with E-state index in [0.717, 1.165) is 44.9 Å². The summed E-state index contributed by atoms with van der Waals surface area (Å²) in [6.07, 6.45) is 51.3. The number of amides is 1. The first-order valence-electron chi connectivity index (χ1n) is 33.0. The van der Waals surface area contributed by atoms with Crippen LogP contribution in [0.2, 0.25) is 0 Å². The van der Waals surface area contributed by atoms with Crippen LogP contribution in [0.5, 0.6) is 0 Å². The van der Waals surface area contributed by atoms with Crippen LogP contribution < -0.4 is 5.32 Å². The maximum Gasteiger partial charge on any atom is 0.220 e. The minimum atomic E-state index is -1.79. The van der Waals surface area contributed by atoms with Gasteiger partial charge in [-0.1, -0.05) is 248 Å². The lowest BCUT2D eigenvalue weighted by Gasteiger charge is -2.46. The summed E-state index contributed by atoms with van der Waals surface area (Å²) in [5.41, 5.74) is 0. The second-order valence-corrected chi connectivity index (χ2v) is 23.2. The fourth-order valence-electron chi connectivity index (χ4n) is 10.6. The summed E-state index contributed by atoms with van der Waals surface area (Å²) in [5.74, 6) is -0.248. The maximum absolute atomic E-state index is 13.3. The molecule has 0 radical (unpaired) electrons. The average molecular weight is 1150 g/mol. The molecule has 2 aliphatic heterocycles. The van der Waals surface area contributed by atoms with E-state index in [9.17, 15) is 45.6 Å². The summed E-state index contributed by atoms with van der Waals surface area (Å²) in [7, 11) is 0. The third kappa shape index (κ3) is 37.0. The van der Waals surface area contributed by atoms with Crippen molar-refractivity contribution < 1.29 is 64.6 Å². The zero-order valence-corrected chi connectivity index (χ0v) is 51.0. The number of unbranched alkanes of at least 4 members (excludes halogenated alkanes) is 32. The standard InChI is InChI=1S/C67H121NO13/c1-3-5-7-9-11-13-15-17-19-21-22-23-24-25-26-27-28-29-30-31-32-33-34-35-37-39-41-43-45-47-49-51-59(72)68-55(56(71)50-48-46-44-42-40-38-36-20-18-16-14-12-10-8-6-4-2)54-78-66-64(77)62(75)65(58(53-70)80-66)81-67-63(76)61(74)60(73)57(52-69)79-67/h15,17,21-22,24-25,40,42,48,50,55-58,60-67,69-71,73-77H,3-14,16,18-20,23,26-39,41,43-47,49,51-54H2,1-2H3,(H,68,72)/b17-15-,22-21-,25-24-,42-40+,50-48+. The molecular weight excluding hydrogens is 1030 g/mol. The smallest absolute Gasteiger partial charge is 0.220 e. The van der Waals surface area contributed by atoms with Crippen LogP contribution in [0.15, 0.2) is 60.8 Å². The highest BCUT2D eigenvalue weighted by Gasteiger charge is 2.51. The van der Waals surface area contributed by atoms with E-state index in [1.54, 1.807) is 6.08 Å². The molecule has 12 atom stereocenters. The summed E-state index contributed by atoms with van der Waals surface area (Å²) >= 11 is 0. The lowest BCUT2D eigenvalue weighted by atomic mass is 9.97. The average Bonchev–Trinajstić information content (AvgIpc) is 3.47.